The minimum Gasteiger partial charge on any atom is -0.382 e. The fraction of sp³-hybridized carbons (Fsp3) is 0.667. The molecule has 1 aliphatic carbocycles. The quantitative estimate of drug-likeness (QED) is 0.713. The monoisotopic (exact) mass is 398 g/mol. The highest BCUT2D eigenvalue weighted by molar-refractivity contribution is 5.61. The summed E-state index contributed by atoms with van der Waals surface area (Å²) in [5, 5.41) is 13.8. The molecule has 2 atom stereocenters. The van der Waals surface area contributed by atoms with Gasteiger partial charge in [0.05, 0.1) is 11.7 Å². The van der Waals surface area contributed by atoms with E-state index in [2.05, 4.69) is 20.7 Å². The highest BCUT2D eigenvalue weighted by atomic mass is 19.4. The molecule has 0 aromatic carbocycles. The molecule has 1 saturated carbocycles. The Labute approximate surface area is 161 Å². The third-order valence-corrected chi connectivity index (χ3v) is 5.95. The van der Waals surface area contributed by atoms with E-state index in [-0.39, 0.29) is 6.04 Å². The summed E-state index contributed by atoms with van der Waals surface area (Å²) in [6.45, 7) is 0.0571. The molecule has 3 N–H and O–H groups in total. The van der Waals surface area contributed by atoms with E-state index in [1.54, 1.807) is 12.5 Å². The Morgan fingerprint density at radius 3 is 2.75 bits per heavy atom. The van der Waals surface area contributed by atoms with Gasteiger partial charge in [0.15, 0.2) is 11.9 Å². The molecule has 28 heavy (non-hydrogen) atoms. The summed E-state index contributed by atoms with van der Waals surface area (Å²) < 4.78 is 39.1. The van der Waals surface area contributed by atoms with E-state index in [0.29, 0.717) is 18.4 Å². The van der Waals surface area contributed by atoms with Gasteiger partial charge in [-0.05, 0) is 50.1 Å². The van der Waals surface area contributed by atoms with Gasteiger partial charge in [-0.1, -0.05) is 0 Å². The number of aliphatic hydroxyl groups is 1. The van der Waals surface area contributed by atoms with Crippen LogP contribution in [0.3, 0.4) is 0 Å². The van der Waals surface area contributed by atoms with Crippen LogP contribution in [0.5, 0.6) is 0 Å². The molecule has 10 heteroatoms. The maximum atomic E-state index is 12.4. The summed E-state index contributed by atoms with van der Waals surface area (Å²) in [5.74, 6) is 1.52. The number of aromatic nitrogens is 3. The van der Waals surface area contributed by atoms with Crippen molar-refractivity contribution in [3.8, 4) is 11.4 Å². The Morgan fingerprint density at radius 1 is 1.29 bits per heavy atom. The van der Waals surface area contributed by atoms with Crippen molar-refractivity contribution in [2.75, 3.05) is 25.3 Å². The number of hydrogen-bond donors (Lipinski definition) is 3. The second-order valence-corrected chi connectivity index (χ2v) is 7.78. The summed E-state index contributed by atoms with van der Waals surface area (Å²) in [6.07, 6.45) is 0.584. The van der Waals surface area contributed by atoms with E-state index < -0.39 is 18.8 Å². The fourth-order valence-corrected chi connectivity index (χ4v) is 4.39. The molecule has 0 radical (unpaired) electrons. The molecule has 3 aliphatic heterocycles. The van der Waals surface area contributed by atoms with E-state index in [1.807, 2.05) is 22.9 Å². The smallest absolute Gasteiger partial charge is 0.382 e. The van der Waals surface area contributed by atoms with Crippen LogP contribution in [0.15, 0.2) is 18.6 Å². The molecule has 0 bridgehead atoms. The van der Waals surface area contributed by atoms with E-state index in [4.69, 9.17) is 5.11 Å². The average molecular weight is 398 g/mol. The van der Waals surface area contributed by atoms with Crippen molar-refractivity contribution < 1.29 is 18.3 Å². The predicted octanol–water partition coefficient (Wildman–Crippen LogP) is 1.83. The standard InChI is InChI=1S/C18H25F3N6O/c1-26-25-15(16-13-6-7-23-17(13)24-10-27(16)26)12-4-2-11(3-5-12)8-22-9-14(28)18(19,20)21/h6-7,10-12,14-15,22,25,28H,2-5,8-9H2,1H3. The van der Waals surface area contributed by atoms with Crippen LogP contribution in [0.4, 0.5) is 13.2 Å². The largest absolute Gasteiger partial charge is 0.415 e. The first-order valence-electron chi connectivity index (χ1n) is 9.62. The van der Waals surface area contributed by atoms with Gasteiger partial charge in [-0.3, -0.25) is 0 Å². The van der Waals surface area contributed by atoms with Gasteiger partial charge in [-0.2, -0.15) is 13.2 Å². The molecule has 2 unspecified atom stereocenters. The molecule has 0 amide bonds. The van der Waals surface area contributed by atoms with Gasteiger partial charge >= 0.3 is 6.18 Å². The molecule has 0 aromatic heterocycles. The Bertz CT molecular complexity index is 773. The third kappa shape index (κ3) is 3.68. The molecule has 0 spiro atoms. The van der Waals surface area contributed by atoms with E-state index >= 15 is 0 Å². The zero-order valence-corrected chi connectivity index (χ0v) is 15.7. The molecule has 3 heterocycles. The lowest BCUT2D eigenvalue weighted by atomic mass is 9.77. The number of nitrogens with zero attached hydrogens (tertiary/aromatic N) is 4. The van der Waals surface area contributed by atoms with Crippen LogP contribution >= 0.6 is 0 Å². The molecule has 4 rings (SSSR count). The molecule has 154 valence electrons. The van der Waals surface area contributed by atoms with Crippen molar-refractivity contribution in [3.63, 3.8) is 0 Å². The maximum absolute atomic E-state index is 12.4. The first-order valence-corrected chi connectivity index (χ1v) is 9.62. The van der Waals surface area contributed by atoms with Gasteiger partial charge in [0.1, 0.15) is 6.33 Å². The highest BCUT2D eigenvalue weighted by Crippen LogP contribution is 2.41. The Kier molecular flexibility index (Phi) is 5.19. The minimum absolute atomic E-state index is 0.167. The second-order valence-electron chi connectivity index (χ2n) is 7.78. The van der Waals surface area contributed by atoms with Gasteiger partial charge in [0.25, 0.3) is 0 Å². The lowest BCUT2D eigenvalue weighted by molar-refractivity contribution is -0.201. The first-order chi connectivity index (χ1) is 13.3. The van der Waals surface area contributed by atoms with Crippen LogP contribution in [0, 0.1) is 11.8 Å². The van der Waals surface area contributed by atoms with Crippen LogP contribution in [0.1, 0.15) is 37.4 Å². The molecule has 1 fully saturated rings. The molecule has 4 aliphatic rings. The number of nitrogens with one attached hydrogen (secondary N) is 2. The highest BCUT2D eigenvalue weighted by Gasteiger charge is 2.39. The molecule has 7 nitrogen and oxygen atoms in total. The van der Waals surface area contributed by atoms with Crippen LogP contribution in [-0.4, -0.2) is 52.2 Å². The predicted molar refractivity (Wildman–Crippen MR) is 97.0 cm³/mol. The average Bonchev–Trinajstić information content (AvgIpc) is 3.26. The minimum atomic E-state index is -4.56. The van der Waals surface area contributed by atoms with Crippen molar-refractivity contribution in [3.05, 3.63) is 24.3 Å². The fourth-order valence-electron chi connectivity index (χ4n) is 4.39. The van der Waals surface area contributed by atoms with Gasteiger partial charge in [-0.15, -0.1) is 0 Å². The van der Waals surface area contributed by atoms with Crippen LogP contribution in [-0.2, 0) is 0 Å². The van der Waals surface area contributed by atoms with Crippen molar-refractivity contribution >= 4 is 0 Å². The van der Waals surface area contributed by atoms with Crippen LogP contribution in [0.25, 0.3) is 11.4 Å². The Balaban J connectivity index is 1.34. The number of halogens is 3. The number of fused-ring (bicyclic) bond motifs is 3. The topological polar surface area (TPSA) is 78.2 Å². The van der Waals surface area contributed by atoms with Crippen molar-refractivity contribution in [2.24, 2.45) is 11.8 Å². The molecular formula is C18H25F3N6O. The normalized spacial score (nSPS) is 26.6. The van der Waals surface area contributed by atoms with Gasteiger partial charge in [0.2, 0.25) is 0 Å². The first kappa shape index (κ1) is 19.4. The van der Waals surface area contributed by atoms with E-state index in [9.17, 15) is 13.2 Å². The van der Waals surface area contributed by atoms with Crippen molar-refractivity contribution in [2.45, 2.75) is 44.0 Å². The lowest BCUT2D eigenvalue weighted by Crippen LogP contribution is -2.41. The van der Waals surface area contributed by atoms with Crippen molar-refractivity contribution in [1.82, 2.24) is 25.4 Å². The summed E-state index contributed by atoms with van der Waals surface area (Å²) >= 11 is 0. The van der Waals surface area contributed by atoms with Gasteiger partial charge in [0, 0.05) is 25.4 Å². The number of rotatable bonds is 5. The summed E-state index contributed by atoms with van der Waals surface area (Å²) in [6, 6.07) is 2.16. The molecule has 0 saturated heterocycles. The van der Waals surface area contributed by atoms with Gasteiger partial charge in [-0.25, -0.2) is 25.2 Å². The lowest BCUT2D eigenvalue weighted by Gasteiger charge is -2.32. The maximum Gasteiger partial charge on any atom is 0.415 e. The van der Waals surface area contributed by atoms with Crippen molar-refractivity contribution in [1.29, 1.82) is 0 Å². The Morgan fingerprint density at radius 2 is 2.04 bits per heavy atom. The van der Waals surface area contributed by atoms with E-state index in [0.717, 1.165) is 37.1 Å². The molecule has 0 aromatic rings. The zero-order chi connectivity index (χ0) is 19.9. The summed E-state index contributed by atoms with van der Waals surface area (Å²) in [5.41, 5.74) is 5.73. The SMILES string of the molecule is CN1NC(C2CCC(CNCC(O)C(F)(F)F)CC2)c2c3ccnc-3ncn21. The zero-order valence-electron chi connectivity index (χ0n) is 15.7. The summed E-state index contributed by atoms with van der Waals surface area (Å²) in [7, 11) is 1.95. The summed E-state index contributed by atoms with van der Waals surface area (Å²) in [4.78, 5) is 8.68. The van der Waals surface area contributed by atoms with Crippen LogP contribution in [0.2, 0.25) is 0 Å². The Hall–Kier alpha value is -1.91. The van der Waals surface area contributed by atoms with Crippen LogP contribution < -0.4 is 15.9 Å². The van der Waals surface area contributed by atoms with E-state index in [1.165, 1.54) is 5.69 Å². The number of hydrazine groups is 1. The number of aliphatic hydroxyl groups excluding tert-OH is 1. The third-order valence-electron chi connectivity index (χ3n) is 5.95. The van der Waals surface area contributed by atoms with Gasteiger partial charge < -0.3 is 10.4 Å². The number of alkyl halides is 3. The molecular weight excluding hydrogens is 373 g/mol. The number of hydrogen-bond acceptors (Lipinski definition) is 6. The second kappa shape index (κ2) is 7.49.